The molecule has 0 radical (unpaired) electrons. The number of carbonyl (C=O) groups excluding carboxylic acids is 1. The molecule has 4 rings (SSSR count). The maximum atomic E-state index is 12.4. The van der Waals surface area contributed by atoms with Crippen LogP contribution in [0.1, 0.15) is 20.9 Å². The SMILES string of the molecule is Cc1nn(Cc2ccc(Cl)cc2)c2sc(C(=O)NCC3CNC3)cc12. The molecule has 1 saturated heterocycles. The van der Waals surface area contributed by atoms with E-state index in [4.69, 9.17) is 11.6 Å². The van der Waals surface area contributed by atoms with Crippen molar-refractivity contribution in [2.45, 2.75) is 13.5 Å². The van der Waals surface area contributed by atoms with E-state index in [-0.39, 0.29) is 5.91 Å². The number of fused-ring (bicyclic) bond motifs is 1. The van der Waals surface area contributed by atoms with E-state index in [0.717, 1.165) is 51.0 Å². The molecule has 130 valence electrons. The summed E-state index contributed by atoms with van der Waals surface area (Å²) in [5.74, 6) is 0.561. The largest absolute Gasteiger partial charge is 0.351 e. The van der Waals surface area contributed by atoms with Crippen LogP contribution in [0.15, 0.2) is 30.3 Å². The number of rotatable bonds is 5. The Morgan fingerprint density at radius 1 is 1.40 bits per heavy atom. The average molecular weight is 375 g/mol. The number of hydrogen-bond acceptors (Lipinski definition) is 4. The van der Waals surface area contributed by atoms with Crippen molar-refractivity contribution in [1.29, 1.82) is 0 Å². The summed E-state index contributed by atoms with van der Waals surface area (Å²) in [7, 11) is 0. The minimum absolute atomic E-state index is 0.00513. The van der Waals surface area contributed by atoms with Crippen molar-refractivity contribution in [3.63, 3.8) is 0 Å². The van der Waals surface area contributed by atoms with Crippen molar-refractivity contribution in [1.82, 2.24) is 20.4 Å². The van der Waals surface area contributed by atoms with Gasteiger partial charge in [0.1, 0.15) is 4.83 Å². The van der Waals surface area contributed by atoms with E-state index in [9.17, 15) is 4.79 Å². The molecule has 1 amide bonds. The summed E-state index contributed by atoms with van der Waals surface area (Å²) in [6.45, 7) is 5.35. The van der Waals surface area contributed by atoms with Crippen LogP contribution < -0.4 is 10.6 Å². The molecule has 0 aliphatic carbocycles. The summed E-state index contributed by atoms with van der Waals surface area (Å²) >= 11 is 7.45. The standard InChI is InChI=1S/C18H19ClN4OS/c1-11-15-6-16(17(24)21-9-13-7-20-8-13)25-18(15)23(22-11)10-12-2-4-14(19)5-3-12/h2-6,13,20H,7-10H2,1H3,(H,21,24). The zero-order valence-electron chi connectivity index (χ0n) is 13.9. The monoisotopic (exact) mass is 374 g/mol. The van der Waals surface area contributed by atoms with Gasteiger partial charge in [-0.25, -0.2) is 0 Å². The second-order valence-electron chi connectivity index (χ2n) is 6.43. The minimum Gasteiger partial charge on any atom is -0.351 e. The Balaban J connectivity index is 1.55. The van der Waals surface area contributed by atoms with Crippen LogP contribution in [0, 0.1) is 12.8 Å². The normalized spacial score (nSPS) is 14.6. The molecule has 1 aliphatic heterocycles. The molecule has 0 atom stereocenters. The van der Waals surface area contributed by atoms with Crippen molar-refractivity contribution in [2.24, 2.45) is 5.92 Å². The van der Waals surface area contributed by atoms with E-state index in [0.29, 0.717) is 12.5 Å². The van der Waals surface area contributed by atoms with Crippen molar-refractivity contribution < 1.29 is 4.79 Å². The van der Waals surface area contributed by atoms with Gasteiger partial charge < -0.3 is 10.6 Å². The molecule has 1 aliphatic rings. The maximum Gasteiger partial charge on any atom is 0.261 e. The Morgan fingerprint density at radius 3 is 2.84 bits per heavy atom. The van der Waals surface area contributed by atoms with E-state index in [1.54, 1.807) is 0 Å². The lowest BCUT2D eigenvalue weighted by Crippen LogP contribution is -2.48. The molecule has 5 nitrogen and oxygen atoms in total. The summed E-state index contributed by atoms with van der Waals surface area (Å²) in [5.41, 5.74) is 2.08. The van der Waals surface area contributed by atoms with Crippen LogP contribution in [0.4, 0.5) is 0 Å². The van der Waals surface area contributed by atoms with E-state index in [1.165, 1.54) is 11.3 Å². The van der Waals surface area contributed by atoms with Gasteiger partial charge in [0.2, 0.25) is 0 Å². The summed E-state index contributed by atoms with van der Waals surface area (Å²) in [4.78, 5) is 14.2. The van der Waals surface area contributed by atoms with E-state index >= 15 is 0 Å². The predicted octanol–water partition coefficient (Wildman–Crippen LogP) is 3.06. The number of aryl methyl sites for hydroxylation is 1. The van der Waals surface area contributed by atoms with Gasteiger partial charge in [0.25, 0.3) is 5.91 Å². The molecule has 1 fully saturated rings. The van der Waals surface area contributed by atoms with Crippen LogP contribution in [0.3, 0.4) is 0 Å². The van der Waals surface area contributed by atoms with Crippen LogP contribution in [-0.2, 0) is 6.54 Å². The second-order valence-corrected chi connectivity index (χ2v) is 7.90. The smallest absolute Gasteiger partial charge is 0.261 e. The highest BCUT2D eigenvalue weighted by atomic mass is 35.5. The molecule has 0 spiro atoms. The Bertz CT molecular complexity index is 911. The third-order valence-corrected chi connectivity index (χ3v) is 5.89. The minimum atomic E-state index is 0.00513. The number of hydrogen-bond donors (Lipinski definition) is 2. The first-order valence-corrected chi connectivity index (χ1v) is 9.50. The third kappa shape index (κ3) is 3.42. The van der Waals surface area contributed by atoms with Gasteiger partial charge in [0.15, 0.2) is 0 Å². The molecule has 3 aromatic rings. The fraction of sp³-hybridized carbons (Fsp3) is 0.333. The summed E-state index contributed by atoms with van der Waals surface area (Å²) in [6, 6.07) is 9.72. The fourth-order valence-electron chi connectivity index (χ4n) is 2.91. The van der Waals surface area contributed by atoms with Gasteiger partial charge in [-0.1, -0.05) is 23.7 Å². The van der Waals surface area contributed by atoms with E-state index in [2.05, 4.69) is 15.7 Å². The fourth-order valence-corrected chi connectivity index (χ4v) is 4.11. The Morgan fingerprint density at radius 2 is 2.16 bits per heavy atom. The summed E-state index contributed by atoms with van der Waals surface area (Å²) < 4.78 is 1.96. The highest BCUT2D eigenvalue weighted by Gasteiger charge is 2.20. The first-order valence-electron chi connectivity index (χ1n) is 8.30. The highest BCUT2D eigenvalue weighted by Crippen LogP contribution is 2.29. The van der Waals surface area contributed by atoms with E-state index < -0.39 is 0 Å². The van der Waals surface area contributed by atoms with E-state index in [1.807, 2.05) is 41.9 Å². The maximum absolute atomic E-state index is 12.4. The second kappa shape index (κ2) is 6.78. The van der Waals surface area contributed by atoms with Crippen LogP contribution in [0.5, 0.6) is 0 Å². The van der Waals surface area contributed by atoms with Gasteiger partial charge in [0.05, 0.1) is 17.1 Å². The van der Waals surface area contributed by atoms with Crippen molar-refractivity contribution in [3.05, 3.63) is 51.5 Å². The number of aromatic nitrogens is 2. The van der Waals surface area contributed by atoms with Gasteiger partial charge in [-0.15, -0.1) is 11.3 Å². The van der Waals surface area contributed by atoms with Crippen LogP contribution in [0.25, 0.3) is 10.2 Å². The van der Waals surface area contributed by atoms with Crippen molar-refractivity contribution in [2.75, 3.05) is 19.6 Å². The molecule has 2 N–H and O–H groups in total. The number of halogens is 1. The third-order valence-electron chi connectivity index (χ3n) is 4.49. The molecule has 0 saturated carbocycles. The van der Waals surface area contributed by atoms with Crippen LogP contribution in [-0.4, -0.2) is 35.3 Å². The Hall–Kier alpha value is -1.89. The summed E-state index contributed by atoms with van der Waals surface area (Å²) in [6.07, 6.45) is 0. The van der Waals surface area contributed by atoms with Crippen LogP contribution >= 0.6 is 22.9 Å². The molecule has 3 heterocycles. The van der Waals surface area contributed by atoms with Crippen molar-refractivity contribution >= 4 is 39.1 Å². The molecule has 7 heteroatoms. The lowest BCUT2D eigenvalue weighted by molar-refractivity contribution is 0.0946. The first-order chi connectivity index (χ1) is 12.1. The Labute approximate surface area is 155 Å². The lowest BCUT2D eigenvalue weighted by Gasteiger charge is -2.26. The quantitative estimate of drug-likeness (QED) is 0.721. The molecule has 0 bridgehead atoms. The molecule has 1 aromatic carbocycles. The molecular weight excluding hydrogens is 356 g/mol. The van der Waals surface area contributed by atoms with Gasteiger partial charge in [0, 0.05) is 36.0 Å². The Kier molecular flexibility index (Phi) is 4.50. The molecule has 0 unspecified atom stereocenters. The summed E-state index contributed by atoms with van der Waals surface area (Å²) in [5, 5.41) is 12.6. The lowest BCUT2D eigenvalue weighted by atomic mass is 10.0. The van der Waals surface area contributed by atoms with Crippen LogP contribution in [0.2, 0.25) is 5.02 Å². The van der Waals surface area contributed by atoms with Gasteiger partial charge >= 0.3 is 0 Å². The molecule has 2 aromatic heterocycles. The van der Waals surface area contributed by atoms with Gasteiger partial charge in [-0.05, 0) is 30.7 Å². The molecular formula is C18H19ClN4OS. The topological polar surface area (TPSA) is 59.0 Å². The number of benzene rings is 1. The number of thiophene rings is 1. The van der Waals surface area contributed by atoms with Crippen molar-refractivity contribution in [3.8, 4) is 0 Å². The van der Waals surface area contributed by atoms with Gasteiger partial charge in [-0.3, -0.25) is 9.48 Å². The predicted molar refractivity (Wildman–Crippen MR) is 102 cm³/mol. The number of amides is 1. The highest BCUT2D eigenvalue weighted by molar-refractivity contribution is 7.20. The zero-order valence-corrected chi connectivity index (χ0v) is 15.5. The first kappa shape index (κ1) is 16.6. The number of carbonyl (C=O) groups is 1. The number of nitrogens with zero attached hydrogens (tertiary/aromatic N) is 2. The van der Waals surface area contributed by atoms with Gasteiger partial charge in [-0.2, -0.15) is 5.10 Å². The molecule has 25 heavy (non-hydrogen) atoms. The zero-order chi connectivity index (χ0) is 17.4. The number of nitrogens with one attached hydrogen (secondary N) is 2. The average Bonchev–Trinajstić information content (AvgIpc) is 3.10.